The van der Waals surface area contributed by atoms with Crippen LogP contribution in [0.15, 0.2) is 12.2 Å². The van der Waals surface area contributed by atoms with Crippen LogP contribution < -0.4 is 0 Å². The van der Waals surface area contributed by atoms with Gasteiger partial charge in [-0.15, -0.1) is 0 Å². The quantitative estimate of drug-likeness (QED) is 0.712. The highest BCUT2D eigenvalue weighted by Gasteiger charge is 2.25. The van der Waals surface area contributed by atoms with Crippen LogP contribution in [-0.2, 0) is 4.79 Å². The Bertz CT molecular complexity index is 325. The molecule has 19 heavy (non-hydrogen) atoms. The van der Waals surface area contributed by atoms with Gasteiger partial charge in [0.25, 0.3) is 0 Å². The number of alkyl halides is 1. The number of nitriles is 1. The summed E-state index contributed by atoms with van der Waals surface area (Å²) in [6.45, 7) is 6.13. The molecule has 108 valence electrons. The predicted octanol–water partition coefficient (Wildman–Crippen LogP) is 1.64. The Morgan fingerprint density at radius 3 is 2.74 bits per heavy atom. The molecule has 5 heteroatoms. The van der Waals surface area contributed by atoms with Crippen molar-refractivity contribution in [2.24, 2.45) is 0 Å². The van der Waals surface area contributed by atoms with E-state index in [2.05, 4.69) is 11.0 Å². The molecular weight excluding hydrogens is 245 g/mol. The zero-order valence-corrected chi connectivity index (χ0v) is 12.1. The smallest absolute Gasteiger partial charge is 0.169 e. The van der Waals surface area contributed by atoms with Gasteiger partial charge in [-0.25, -0.2) is 4.39 Å². The van der Waals surface area contributed by atoms with Gasteiger partial charge in [0.1, 0.15) is 6.67 Å². The minimum atomic E-state index is -0.615. The Morgan fingerprint density at radius 1 is 1.47 bits per heavy atom. The highest BCUT2D eigenvalue weighted by atomic mass is 19.1. The van der Waals surface area contributed by atoms with Gasteiger partial charge in [-0.2, -0.15) is 5.26 Å². The fourth-order valence-electron chi connectivity index (χ4n) is 1.98. The number of halogens is 1. The summed E-state index contributed by atoms with van der Waals surface area (Å²) in [4.78, 5) is 15.7. The minimum Gasteiger partial charge on any atom is -0.304 e. The molecule has 0 amide bonds. The van der Waals surface area contributed by atoms with Gasteiger partial charge in [0.05, 0.1) is 19.0 Å². The van der Waals surface area contributed by atoms with Gasteiger partial charge in [0, 0.05) is 25.7 Å². The number of piperazine rings is 1. The van der Waals surface area contributed by atoms with Crippen LogP contribution in [0.3, 0.4) is 0 Å². The van der Waals surface area contributed by atoms with Crippen LogP contribution in [0.4, 0.5) is 4.39 Å². The molecule has 0 N–H and O–H groups in total. The zero-order chi connectivity index (χ0) is 14.7. The third kappa shape index (κ3) is 7.04. The van der Waals surface area contributed by atoms with Crippen molar-refractivity contribution in [2.45, 2.75) is 26.3 Å². The third-order valence-corrected chi connectivity index (χ3v) is 2.89. The van der Waals surface area contributed by atoms with Gasteiger partial charge in [-0.3, -0.25) is 9.69 Å². The first-order chi connectivity index (χ1) is 9.17. The summed E-state index contributed by atoms with van der Waals surface area (Å²) in [5.74, 6) is -0.102. The number of nitrogens with zero attached hydrogens (tertiary/aromatic N) is 3. The van der Waals surface area contributed by atoms with Crippen molar-refractivity contribution in [2.75, 3.05) is 39.9 Å². The Morgan fingerprint density at radius 2 is 2.16 bits per heavy atom. The van der Waals surface area contributed by atoms with Crippen molar-refractivity contribution >= 4 is 5.78 Å². The number of hydrogen-bond donors (Lipinski definition) is 0. The highest BCUT2D eigenvalue weighted by molar-refractivity contribution is 5.91. The molecule has 0 aromatic carbocycles. The first-order valence-electron chi connectivity index (χ1n) is 6.72. The van der Waals surface area contributed by atoms with Crippen molar-refractivity contribution in [3.63, 3.8) is 0 Å². The third-order valence-electron chi connectivity index (χ3n) is 2.89. The minimum absolute atomic E-state index is 0.0986. The normalized spacial score (nSPS) is 20.7. The lowest BCUT2D eigenvalue weighted by Gasteiger charge is -2.38. The fraction of sp³-hybridized carbons (Fsp3) is 0.714. The van der Waals surface area contributed by atoms with Gasteiger partial charge in [0.2, 0.25) is 0 Å². The molecule has 1 aliphatic heterocycles. The second kappa shape index (κ2) is 10.7. The lowest BCUT2D eigenvalue weighted by molar-refractivity contribution is -0.116. The Hall–Kier alpha value is -1.25. The summed E-state index contributed by atoms with van der Waals surface area (Å²) < 4.78 is 11.9. The number of likely N-dealkylation sites (N-methyl/N-ethyl adjacent to an activating group) is 1. The molecule has 0 spiro atoms. The molecule has 4 nitrogen and oxygen atoms in total. The van der Waals surface area contributed by atoms with Gasteiger partial charge >= 0.3 is 0 Å². The molecule has 1 atom stereocenters. The summed E-state index contributed by atoms with van der Waals surface area (Å²) in [5, 5.41) is 8.75. The predicted molar refractivity (Wildman–Crippen MR) is 74.6 cm³/mol. The van der Waals surface area contributed by atoms with Gasteiger partial charge in [0.15, 0.2) is 5.78 Å². The highest BCUT2D eigenvalue weighted by Crippen LogP contribution is 2.11. The second-order valence-electron chi connectivity index (χ2n) is 4.27. The SMILES string of the molecule is CC.CN1CCN(CC(=O)/C=C/CF)C(CC#N)C1. The molecule has 1 fully saturated rings. The lowest BCUT2D eigenvalue weighted by Crippen LogP contribution is -2.52. The van der Waals surface area contributed by atoms with Crippen LogP contribution in [0.1, 0.15) is 20.3 Å². The van der Waals surface area contributed by atoms with Crippen LogP contribution in [0, 0.1) is 11.3 Å². The van der Waals surface area contributed by atoms with E-state index in [1.165, 1.54) is 12.2 Å². The Labute approximate surface area is 115 Å². The summed E-state index contributed by atoms with van der Waals surface area (Å²) in [7, 11) is 2.01. The standard InChI is InChI=1S/C12H18FN3O.C2H6/c1-15-7-8-16(11(9-15)4-6-14)10-12(17)3-2-5-13;1-2/h2-3,11H,4-5,7-10H2,1H3;1-2H3/b3-2+;. The molecule has 1 aliphatic rings. The molecule has 1 saturated heterocycles. The number of hydrogen-bond acceptors (Lipinski definition) is 4. The fourth-order valence-corrected chi connectivity index (χ4v) is 1.98. The van der Waals surface area contributed by atoms with E-state index in [0.29, 0.717) is 6.42 Å². The molecule has 0 aliphatic carbocycles. The maximum atomic E-state index is 11.9. The van der Waals surface area contributed by atoms with Crippen LogP contribution >= 0.6 is 0 Å². The van der Waals surface area contributed by atoms with E-state index < -0.39 is 6.67 Å². The average molecular weight is 269 g/mol. The maximum Gasteiger partial charge on any atom is 0.169 e. The van der Waals surface area contributed by atoms with Crippen molar-refractivity contribution in [1.82, 2.24) is 9.80 Å². The molecule has 0 bridgehead atoms. The molecule has 0 saturated carbocycles. The monoisotopic (exact) mass is 269 g/mol. The van der Waals surface area contributed by atoms with Gasteiger partial charge in [-0.05, 0) is 13.1 Å². The van der Waals surface area contributed by atoms with Crippen LogP contribution in [-0.4, -0.2) is 61.5 Å². The van der Waals surface area contributed by atoms with Gasteiger partial charge in [-0.1, -0.05) is 19.9 Å². The van der Waals surface area contributed by atoms with Crippen molar-refractivity contribution in [3.8, 4) is 6.07 Å². The molecule has 1 heterocycles. The summed E-state index contributed by atoms with van der Waals surface area (Å²) in [6.07, 6.45) is 2.92. The van der Waals surface area contributed by atoms with Crippen molar-refractivity contribution in [1.29, 1.82) is 5.26 Å². The maximum absolute atomic E-state index is 11.9. The van der Waals surface area contributed by atoms with Crippen LogP contribution in [0.5, 0.6) is 0 Å². The number of rotatable bonds is 5. The largest absolute Gasteiger partial charge is 0.304 e. The molecule has 1 rings (SSSR count). The molecule has 0 aromatic rings. The van der Waals surface area contributed by atoms with E-state index in [1.54, 1.807) is 0 Å². The summed E-state index contributed by atoms with van der Waals surface area (Å²) in [5.41, 5.74) is 0. The molecule has 1 unspecified atom stereocenters. The molecular formula is C14H24FN3O. The number of carbonyl (C=O) groups is 1. The average Bonchev–Trinajstić information content (AvgIpc) is 2.42. The lowest BCUT2D eigenvalue weighted by atomic mass is 10.1. The van der Waals surface area contributed by atoms with Crippen molar-refractivity contribution < 1.29 is 9.18 Å². The van der Waals surface area contributed by atoms with E-state index >= 15 is 0 Å². The summed E-state index contributed by atoms with van der Waals surface area (Å²) in [6, 6.07) is 2.25. The van der Waals surface area contributed by atoms with Gasteiger partial charge < -0.3 is 4.90 Å². The summed E-state index contributed by atoms with van der Waals surface area (Å²) >= 11 is 0. The number of carbonyl (C=O) groups excluding carboxylic acids is 1. The zero-order valence-electron chi connectivity index (χ0n) is 12.1. The molecule has 0 aromatic heterocycles. The topological polar surface area (TPSA) is 47.3 Å². The van der Waals surface area contributed by atoms with Crippen LogP contribution in [0.2, 0.25) is 0 Å². The molecule has 0 radical (unpaired) electrons. The first kappa shape index (κ1) is 17.8. The van der Waals surface area contributed by atoms with Crippen LogP contribution in [0.25, 0.3) is 0 Å². The second-order valence-corrected chi connectivity index (χ2v) is 4.27. The number of allylic oxidation sites excluding steroid dienone is 1. The van der Waals surface area contributed by atoms with E-state index in [-0.39, 0.29) is 18.4 Å². The van der Waals surface area contributed by atoms with Crippen molar-refractivity contribution in [3.05, 3.63) is 12.2 Å². The number of ketones is 1. The van der Waals surface area contributed by atoms with E-state index in [0.717, 1.165) is 19.6 Å². The Kier molecular flexibility index (Phi) is 9.95. The first-order valence-corrected chi connectivity index (χ1v) is 6.72. The van der Waals surface area contributed by atoms with E-state index in [9.17, 15) is 9.18 Å². The van der Waals surface area contributed by atoms with E-state index in [4.69, 9.17) is 5.26 Å². The Balaban J connectivity index is 0.00000154. The van der Waals surface area contributed by atoms with E-state index in [1.807, 2.05) is 25.8 Å².